The van der Waals surface area contributed by atoms with Gasteiger partial charge in [0.15, 0.2) is 11.8 Å². The van der Waals surface area contributed by atoms with E-state index in [-0.39, 0.29) is 0 Å². The van der Waals surface area contributed by atoms with Gasteiger partial charge < -0.3 is 9.31 Å². The number of nitrogens with zero attached hydrogens (tertiary/aromatic N) is 6. The van der Waals surface area contributed by atoms with Gasteiger partial charge in [0.2, 0.25) is 0 Å². The van der Waals surface area contributed by atoms with Crippen molar-refractivity contribution < 1.29 is 9.31 Å². The first-order valence-corrected chi connectivity index (χ1v) is 8.99. The van der Waals surface area contributed by atoms with Crippen LogP contribution in [0.25, 0.3) is 21.4 Å². The lowest BCUT2D eigenvalue weighted by molar-refractivity contribution is 0.408. The molecule has 8 nitrogen and oxygen atoms in total. The van der Waals surface area contributed by atoms with Crippen LogP contribution >= 0.6 is 22.7 Å². The van der Waals surface area contributed by atoms with Gasteiger partial charge in [0, 0.05) is 49.4 Å². The summed E-state index contributed by atoms with van der Waals surface area (Å²) in [5, 5.41) is 14.2. The second kappa shape index (κ2) is 6.69. The topological polar surface area (TPSA) is 79.9 Å². The Kier molecular flexibility index (Phi) is 4.24. The van der Waals surface area contributed by atoms with Crippen LogP contribution < -0.4 is 9.31 Å². The van der Waals surface area contributed by atoms with Crippen LogP contribution in [0.2, 0.25) is 0 Å². The van der Waals surface area contributed by atoms with E-state index in [0.717, 1.165) is 21.4 Å². The highest BCUT2D eigenvalue weighted by molar-refractivity contribution is 7.13. The Morgan fingerprint density at radius 2 is 1.32 bits per heavy atom. The van der Waals surface area contributed by atoms with Crippen LogP contribution in [0.1, 0.15) is 0 Å². The quantitative estimate of drug-likeness (QED) is 0.484. The molecule has 4 aromatic rings. The zero-order valence-corrected chi connectivity index (χ0v) is 15.0. The minimum atomic E-state index is 0.549. The SMILES string of the molecule is Cn1nc(-c2nccs2)cc1O[B]Oc1cc(-c2nccs2)nn1C. The summed E-state index contributed by atoms with van der Waals surface area (Å²) < 4.78 is 14.4. The molecular formula is C14H12BN6O2S2. The van der Waals surface area contributed by atoms with E-state index in [4.69, 9.17) is 9.31 Å². The highest BCUT2D eigenvalue weighted by atomic mass is 32.1. The molecule has 0 unspecified atom stereocenters. The Balaban J connectivity index is 1.41. The smallest absolute Gasteiger partial charge is 0.512 e. The normalized spacial score (nSPS) is 10.8. The molecule has 0 spiro atoms. The standard InChI is InChI=1S/C14H12BN6O2S2/c1-20-11(7-9(18-20)13-16-3-5-24-13)22-15-23-12-8-10(19-21(12)2)14-17-4-6-25-14/h3-8H,1-2H3. The minimum Gasteiger partial charge on any atom is -0.512 e. The Bertz CT molecular complexity index is 885. The van der Waals surface area contributed by atoms with Crippen molar-refractivity contribution in [2.45, 2.75) is 0 Å². The average Bonchev–Trinajstić information content (AvgIpc) is 3.35. The third-order valence-electron chi connectivity index (χ3n) is 3.31. The predicted molar refractivity (Wildman–Crippen MR) is 95.6 cm³/mol. The van der Waals surface area contributed by atoms with Gasteiger partial charge >= 0.3 is 7.69 Å². The van der Waals surface area contributed by atoms with E-state index in [1.54, 1.807) is 35.9 Å². The van der Waals surface area contributed by atoms with Crippen molar-refractivity contribution >= 4 is 30.4 Å². The van der Waals surface area contributed by atoms with E-state index in [1.165, 1.54) is 30.4 Å². The van der Waals surface area contributed by atoms with Crippen molar-refractivity contribution in [3.63, 3.8) is 0 Å². The van der Waals surface area contributed by atoms with E-state index in [0.29, 0.717) is 11.8 Å². The lowest BCUT2D eigenvalue weighted by atomic mass is 10.3. The molecule has 4 aromatic heterocycles. The number of thiazole rings is 2. The first-order valence-electron chi connectivity index (χ1n) is 7.23. The molecule has 0 atom stereocenters. The number of hydrogen-bond donors (Lipinski definition) is 0. The maximum absolute atomic E-state index is 5.55. The second-order valence-electron chi connectivity index (χ2n) is 4.99. The molecule has 1 radical (unpaired) electrons. The Morgan fingerprint density at radius 1 is 0.840 bits per heavy atom. The van der Waals surface area contributed by atoms with Crippen LogP contribution in [0.4, 0.5) is 0 Å². The zero-order chi connectivity index (χ0) is 17.2. The molecule has 0 bridgehead atoms. The fourth-order valence-electron chi connectivity index (χ4n) is 2.15. The van der Waals surface area contributed by atoms with Gasteiger partial charge in [0.05, 0.1) is 0 Å². The molecule has 4 rings (SSSR count). The van der Waals surface area contributed by atoms with Crippen LogP contribution in [0, 0.1) is 0 Å². The van der Waals surface area contributed by atoms with Crippen LogP contribution in [0.15, 0.2) is 35.3 Å². The summed E-state index contributed by atoms with van der Waals surface area (Å²) in [6.07, 6.45) is 3.49. The van der Waals surface area contributed by atoms with Crippen molar-refractivity contribution in [2.75, 3.05) is 0 Å². The van der Waals surface area contributed by atoms with E-state index in [1.807, 2.05) is 22.9 Å². The molecule has 0 amide bonds. The Morgan fingerprint density at radius 3 is 1.72 bits per heavy atom. The molecular weight excluding hydrogens is 359 g/mol. The number of aromatic nitrogens is 6. The van der Waals surface area contributed by atoms with Crippen molar-refractivity contribution in [1.29, 1.82) is 0 Å². The second-order valence-corrected chi connectivity index (χ2v) is 6.78. The van der Waals surface area contributed by atoms with Crippen LogP contribution in [-0.4, -0.2) is 37.2 Å². The van der Waals surface area contributed by atoms with E-state index < -0.39 is 0 Å². The first kappa shape index (κ1) is 15.8. The highest BCUT2D eigenvalue weighted by Gasteiger charge is 2.14. The molecule has 4 heterocycles. The molecule has 0 aromatic carbocycles. The third-order valence-corrected chi connectivity index (χ3v) is 4.91. The fraction of sp³-hybridized carbons (Fsp3) is 0.143. The van der Waals surface area contributed by atoms with Gasteiger partial charge in [-0.1, -0.05) is 0 Å². The minimum absolute atomic E-state index is 0.549. The van der Waals surface area contributed by atoms with Gasteiger partial charge in [0.25, 0.3) is 0 Å². The van der Waals surface area contributed by atoms with Gasteiger partial charge in [0.1, 0.15) is 21.4 Å². The summed E-state index contributed by atoms with van der Waals surface area (Å²) in [5.74, 6) is 1.10. The Hall–Kier alpha value is -2.66. The summed E-state index contributed by atoms with van der Waals surface area (Å²) in [6.45, 7) is 0. The van der Waals surface area contributed by atoms with Crippen LogP contribution in [0.3, 0.4) is 0 Å². The molecule has 0 fully saturated rings. The molecule has 0 aliphatic rings. The van der Waals surface area contributed by atoms with Gasteiger partial charge in [-0.2, -0.15) is 10.2 Å². The van der Waals surface area contributed by atoms with Crippen molar-refractivity contribution in [2.24, 2.45) is 14.1 Å². The average molecular weight is 371 g/mol. The predicted octanol–water partition coefficient (Wildman–Crippen LogP) is 2.39. The van der Waals surface area contributed by atoms with E-state index in [9.17, 15) is 0 Å². The molecule has 25 heavy (non-hydrogen) atoms. The van der Waals surface area contributed by atoms with Crippen LogP contribution in [-0.2, 0) is 14.1 Å². The van der Waals surface area contributed by atoms with Crippen molar-refractivity contribution in [3.05, 3.63) is 35.3 Å². The number of rotatable bonds is 6. The lowest BCUT2D eigenvalue weighted by Gasteiger charge is -2.05. The summed E-state index contributed by atoms with van der Waals surface area (Å²) in [4.78, 5) is 8.47. The highest BCUT2D eigenvalue weighted by Crippen LogP contribution is 2.25. The van der Waals surface area contributed by atoms with Crippen LogP contribution in [0.5, 0.6) is 11.8 Å². The van der Waals surface area contributed by atoms with Gasteiger partial charge in [-0.05, 0) is 0 Å². The maximum atomic E-state index is 5.55. The lowest BCUT2D eigenvalue weighted by Crippen LogP contribution is -2.14. The van der Waals surface area contributed by atoms with Crippen molar-refractivity contribution in [3.8, 4) is 33.2 Å². The Labute approximate surface area is 152 Å². The number of aryl methyl sites for hydroxylation is 2. The largest absolute Gasteiger partial charge is 0.660 e. The molecule has 0 N–H and O–H groups in total. The fourth-order valence-corrected chi connectivity index (χ4v) is 3.34. The monoisotopic (exact) mass is 371 g/mol. The maximum Gasteiger partial charge on any atom is 0.660 e. The summed E-state index contributed by atoms with van der Waals surface area (Å²) in [5.41, 5.74) is 1.51. The third kappa shape index (κ3) is 3.28. The van der Waals surface area contributed by atoms with Gasteiger partial charge in [-0.3, -0.25) is 0 Å². The molecule has 0 saturated heterocycles. The zero-order valence-electron chi connectivity index (χ0n) is 13.4. The van der Waals surface area contributed by atoms with Crippen molar-refractivity contribution in [1.82, 2.24) is 29.5 Å². The molecule has 11 heteroatoms. The molecule has 0 aliphatic carbocycles. The number of hydrogen-bond acceptors (Lipinski definition) is 8. The molecule has 0 aliphatic heterocycles. The molecule has 0 saturated carbocycles. The van der Waals surface area contributed by atoms with E-state index in [2.05, 4.69) is 20.2 Å². The molecule has 125 valence electrons. The van der Waals surface area contributed by atoms with E-state index >= 15 is 0 Å². The van der Waals surface area contributed by atoms with Gasteiger partial charge in [-0.15, -0.1) is 22.7 Å². The summed E-state index contributed by atoms with van der Waals surface area (Å²) in [7, 11) is 4.85. The summed E-state index contributed by atoms with van der Waals surface area (Å²) in [6, 6.07) is 3.62. The van der Waals surface area contributed by atoms with Gasteiger partial charge in [-0.25, -0.2) is 19.3 Å². The first-order chi connectivity index (χ1) is 12.2. The summed E-state index contributed by atoms with van der Waals surface area (Å²) >= 11 is 3.04.